The molecule has 0 spiro atoms. The van der Waals surface area contributed by atoms with Gasteiger partial charge in [-0.1, -0.05) is 30.3 Å². The summed E-state index contributed by atoms with van der Waals surface area (Å²) in [6, 6.07) is 9.50. The van der Waals surface area contributed by atoms with Gasteiger partial charge in [-0.25, -0.2) is 0 Å². The molecule has 1 aliphatic heterocycles. The van der Waals surface area contributed by atoms with Gasteiger partial charge in [0.1, 0.15) is 12.7 Å². The van der Waals surface area contributed by atoms with Crippen LogP contribution in [0.25, 0.3) is 0 Å². The molecule has 1 heterocycles. The van der Waals surface area contributed by atoms with Crippen LogP contribution < -0.4 is 0 Å². The molecule has 0 aliphatic carbocycles. The molecule has 1 saturated heterocycles. The first-order valence-corrected chi connectivity index (χ1v) is 8.32. The van der Waals surface area contributed by atoms with Crippen molar-refractivity contribution in [3.63, 3.8) is 0 Å². The van der Waals surface area contributed by atoms with E-state index in [-0.39, 0.29) is 37.6 Å². The summed E-state index contributed by atoms with van der Waals surface area (Å²) in [6.07, 6.45) is -2.08. The van der Waals surface area contributed by atoms with Crippen LogP contribution >= 0.6 is 0 Å². The minimum Gasteiger partial charge on any atom is -0.461 e. The van der Waals surface area contributed by atoms with Gasteiger partial charge in [-0.3, -0.25) is 4.79 Å². The van der Waals surface area contributed by atoms with E-state index in [0.29, 0.717) is 6.42 Å². The summed E-state index contributed by atoms with van der Waals surface area (Å²) in [7, 11) is 0. The van der Waals surface area contributed by atoms with E-state index < -0.39 is 18.5 Å². The smallest absolute Gasteiger partial charge is 0.306 e. The fourth-order valence-corrected chi connectivity index (χ4v) is 2.49. The van der Waals surface area contributed by atoms with E-state index in [0.717, 1.165) is 5.56 Å². The van der Waals surface area contributed by atoms with Crippen LogP contribution in [0.2, 0.25) is 0 Å². The zero-order valence-corrected chi connectivity index (χ0v) is 14.1. The first kappa shape index (κ1) is 18.9. The van der Waals surface area contributed by atoms with Gasteiger partial charge < -0.3 is 24.4 Å². The number of aliphatic hydroxyl groups is 2. The van der Waals surface area contributed by atoms with Crippen LogP contribution in [-0.2, 0) is 25.6 Å². The summed E-state index contributed by atoms with van der Waals surface area (Å²) in [5, 5.41) is 19.5. The Morgan fingerprint density at radius 2 is 2.00 bits per heavy atom. The summed E-state index contributed by atoms with van der Waals surface area (Å²) in [5.74, 6) is -0.289. The average molecular weight is 338 g/mol. The van der Waals surface area contributed by atoms with E-state index >= 15 is 0 Å². The molecule has 6 nitrogen and oxygen atoms in total. The van der Waals surface area contributed by atoms with Crippen molar-refractivity contribution in [2.24, 2.45) is 0 Å². The molecule has 1 aromatic rings. The number of aliphatic hydroxyl groups excluding tert-OH is 2. The number of carbonyl (C=O) groups excluding carboxylic acids is 1. The lowest BCUT2D eigenvalue weighted by Crippen LogP contribution is -2.48. The number of rotatable bonds is 7. The Bertz CT molecular complexity index is 505. The Hall–Kier alpha value is -1.47. The summed E-state index contributed by atoms with van der Waals surface area (Å²) >= 11 is 0. The van der Waals surface area contributed by atoms with Gasteiger partial charge in [0.25, 0.3) is 0 Å². The standard InChI is InChI=1S/C18H26O6/c1-12(23-18-16(20)10-15(19)13(2)24-18)8-9-17(21)22-11-14-6-4-3-5-7-14/h3-7,12-13,15-16,18-20H,8-11H2,1-2H3. The number of carbonyl (C=O) groups is 1. The van der Waals surface area contributed by atoms with Crippen molar-refractivity contribution in [2.45, 2.75) is 70.4 Å². The maximum atomic E-state index is 11.8. The monoisotopic (exact) mass is 338 g/mol. The van der Waals surface area contributed by atoms with Gasteiger partial charge in [-0.15, -0.1) is 0 Å². The fourth-order valence-electron chi connectivity index (χ4n) is 2.49. The van der Waals surface area contributed by atoms with Crippen LogP contribution in [0.4, 0.5) is 0 Å². The third-order valence-electron chi connectivity index (χ3n) is 4.05. The van der Waals surface area contributed by atoms with Crippen LogP contribution in [0.3, 0.4) is 0 Å². The molecule has 0 amide bonds. The second kappa shape index (κ2) is 9.13. The molecule has 5 unspecified atom stereocenters. The number of benzene rings is 1. The van der Waals surface area contributed by atoms with Gasteiger partial charge in [0.05, 0.1) is 18.3 Å². The van der Waals surface area contributed by atoms with Crippen LogP contribution in [0.1, 0.15) is 38.7 Å². The Morgan fingerprint density at radius 3 is 2.71 bits per heavy atom. The van der Waals surface area contributed by atoms with E-state index in [4.69, 9.17) is 14.2 Å². The van der Waals surface area contributed by atoms with Crippen molar-refractivity contribution in [1.82, 2.24) is 0 Å². The molecule has 2 rings (SSSR count). The molecule has 0 bridgehead atoms. The first-order valence-electron chi connectivity index (χ1n) is 8.32. The number of hydrogen-bond donors (Lipinski definition) is 2. The zero-order valence-electron chi connectivity index (χ0n) is 14.1. The molecule has 0 radical (unpaired) electrons. The predicted molar refractivity (Wildman–Crippen MR) is 87.0 cm³/mol. The number of esters is 1. The average Bonchev–Trinajstić information content (AvgIpc) is 2.57. The lowest BCUT2D eigenvalue weighted by atomic mass is 10.0. The minimum absolute atomic E-state index is 0.220. The Labute approximate surface area is 142 Å². The van der Waals surface area contributed by atoms with Crippen LogP contribution in [0, 0.1) is 0 Å². The minimum atomic E-state index is -0.872. The summed E-state index contributed by atoms with van der Waals surface area (Å²) in [6.45, 7) is 3.81. The Morgan fingerprint density at radius 1 is 1.29 bits per heavy atom. The van der Waals surface area contributed by atoms with Crippen molar-refractivity contribution >= 4 is 5.97 Å². The molecule has 134 valence electrons. The predicted octanol–water partition coefficient (Wildman–Crippen LogP) is 1.77. The highest BCUT2D eigenvalue weighted by molar-refractivity contribution is 5.69. The van der Waals surface area contributed by atoms with Crippen LogP contribution in [0.15, 0.2) is 30.3 Å². The highest BCUT2D eigenvalue weighted by atomic mass is 16.7. The number of hydrogen-bond acceptors (Lipinski definition) is 6. The fraction of sp³-hybridized carbons (Fsp3) is 0.611. The molecule has 1 aliphatic rings. The second-order valence-corrected chi connectivity index (χ2v) is 6.21. The Kier molecular flexibility index (Phi) is 7.17. The quantitative estimate of drug-likeness (QED) is 0.737. The molecule has 2 N–H and O–H groups in total. The van der Waals surface area contributed by atoms with E-state index in [1.54, 1.807) is 6.92 Å². The third kappa shape index (κ3) is 5.87. The van der Waals surface area contributed by atoms with Crippen molar-refractivity contribution in [2.75, 3.05) is 0 Å². The van der Waals surface area contributed by atoms with E-state index in [9.17, 15) is 15.0 Å². The van der Waals surface area contributed by atoms with Gasteiger partial charge in [-0.05, 0) is 25.8 Å². The van der Waals surface area contributed by atoms with Gasteiger partial charge in [0, 0.05) is 12.8 Å². The van der Waals surface area contributed by atoms with Crippen molar-refractivity contribution in [3.8, 4) is 0 Å². The zero-order chi connectivity index (χ0) is 17.5. The van der Waals surface area contributed by atoms with E-state index in [2.05, 4.69) is 0 Å². The highest BCUT2D eigenvalue weighted by Crippen LogP contribution is 2.22. The van der Waals surface area contributed by atoms with Crippen molar-refractivity contribution in [1.29, 1.82) is 0 Å². The molecule has 24 heavy (non-hydrogen) atoms. The number of ether oxygens (including phenoxy) is 3. The molecular formula is C18H26O6. The summed E-state index contributed by atoms with van der Waals surface area (Å²) in [5.41, 5.74) is 0.946. The lowest BCUT2D eigenvalue weighted by molar-refractivity contribution is -0.273. The summed E-state index contributed by atoms with van der Waals surface area (Å²) < 4.78 is 16.3. The van der Waals surface area contributed by atoms with Gasteiger partial charge in [0.15, 0.2) is 6.29 Å². The molecule has 0 aromatic heterocycles. The molecule has 5 atom stereocenters. The van der Waals surface area contributed by atoms with Crippen LogP contribution in [0.5, 0.6) is 0 Å². The van der Waals surface area contributed by atoms with E-state index in [1.165, 1.54) is 0 Å². The maximum absolute atomic E-state index is 11.8. The summed E-state index contributed by atoms with van der Waals surface area (Å²) in [4.78, 5) is 11.8. The van der Waals surface area contributed by atoms with Crippen molar-refractivity contribution < 1.29 is 29.2 Å². The normalized spacial score (nSPS) is 28.3. The van der Waals surface area contributed by atoms with Gasteiger partial charge in [0.2, 0.25) is 0 Å². The molecule has 1 fully saturated rings. The third-order valence-corrected chi connectivity index (χ3v) is 4.05. The molecule has 6 heteroatoms. The molecule has 1 aromatic carbocycles. The second-order valence-electron chi connectivity index (χ2n) is 6.21. The molecule has 0 saturated carbocycles. The maximum Gasteiger partial charge on any atom is 0.306 e. The molecular weight excluding hydrogens is 312 g/mol. The van der Waals surface area contributed by atoms with Crippen molar-refractivity contribution in [3.05, 3.63) is 35.9 Å². The SMILES string of the molecule is CC(CCC(=O)OCc1ccccc1)OC1OC(C)C(O)CC1O. The van der Waals surface area contributed by atoms with Crippen LogP contribution in [-0.4, -0.2) is 46.9 Å². The topological polar surface area (TPSA) is 85.2 Å². The largest absolute Gasteiger partial charge is 0.461 e. The Balaban J connectivity index is 1.67. The highest BCUT2D eigenvalue weighted by Gasteiger charge is 2.35. The van der Waals surface area contributed by atoms with E-state index in [1.807, 2.05) is 37.3 Å². The van der Waals surface area contributed by atoms with Gasteiger partial charge >= 0.3 is 5.97 Å². The lowest BCUT2D eigenvalue weighted by Gasteiger charge is -2.36. The van der Waals surface area contributed by atoms with Gasteiger partial charge in [-0.2, -0.15) is 0 Å². The first-order chi connectivity index (χ1) is 11.5.